The SMILES string of the molecule is O=C1Nc2ccc([N+](=O)[O-])cc2C1=C(Nc1ccc(CN2CCCC2)cc1)c1ccc(CCCN2CCCCC2=O)cc1. The smallest absolute Gasteiger partial charge is 0.270 e. The summed E-state index contributed by atoms with van der Waals surface area (Å²) in [6, 6.07) is 20.8. The molecule has 3 aromatic carbocycles. The van der Waals surface area contributed by atoms with Crippen molar-refractivity contribution >= 4 is 40.1 Å². The number of anilines is 2. The molecule has 0 aromatic heterocycles. The number of nitro groups is 1. The number of benzene rings is 3. The molecule has 2 N–H and O–H groups in total. The topological polar surface area (TPSA) is 108 Å². The van der Waals surface area contributed by atoms with Crippen molar-refractivity contribution in [3.8, 4) is 0 Å². The minimum absolute atomic E-state index is 0.0686. The maximum absolute atomic E-state index is 13.3. The molecule has 2 fully saturated rings. The number of piperidine rings is 1. The lowest BCUT2D eigenvalue weighted by atomic mass is 9.98. The van der Waals surface area contributed by atoms with Crippen LogP contribution in [0.1, 0.15) is 60.8 Å². The second-order valence-corrected chi connectivity index (χ2v) is 11.6. The zero-order valence-corrected chi connectivity index (χ0v) is 24.3. The number of amides is 2. The third-order valence-electron chi connectivity index (χ3n) is 8.59. The number of hydrogen-bond acceptors (Lipinski definition) is 6. The highest BCUT2D eigenvalue weighted by atomic mass is 16.6. The van der Waals surface area contributed by atoms with E-state index in [1.165, 1.54) is 30.5 Å². The molecule has 9 nitrogen and oxygen atoms in total. The van der Waals surface area contributed by atoms with Crippen molar-refractivity contribution in [3.05, 3.63) is 99.1 Å². The van der Waals surface area contributed by atoms with E-state index in [0.717, 1.165) is 75.2 Å². The van der Waals surface area contributed by atoms with E-state index in [1.807, 2.05) is 29.2 Å². The highest BCUT2D eigenvalue weighted by Gasteiger charge is 2.30. The first-order valence-corrected chi connectivity index (χ1v) is 15.2. The predicted molar refractivity (Wildman–Crippen MR) is 168 cm³/mol. The molecule has 3 aliphatic heterocycles. The number of likely N-dealkylation sites (tertiary alicyclic amines) is 2. The Morgan fingerprint density at radius 3 is 2.33 bits per heavy atom. The van der Waals surface area contributed by atoms with Crippen LogP contribution in [-0.4, -0.2) is 52.7 Å². The second kappa shape index (κ2) is 12.8. The summed E-state index contributed by atoms with van der Waals surface area (Å²) in [5.41, 5.74) is 5.96. The van der Waals surface area contributed by atoms with Gasteiger partial charge >= 0.3 is 0 Å². The van der Waals surface area contributed by atoms with E-state index in [0.29, 0.717) is 28.9 Å². The molecule has 0 spiro atoms. The summed E-state index contributed by atoms with van der Waals surface area (Å²) in [5, 5.41) is 17.9. The van der Waals surface area contributed by atoms with Gasteiger partial charge in [0.05, 0.1) is 16.2 Å². The average Bonchev–Trinajstić information content (AvgIpc) is 3.64. The number of carbonyl (C=O) groups excluding carboxylic acids is 2. The third kappa shape index (κ3) is 6.62. The van der Waals surface area contributed by atoms with Gasteiger partial charge in [-0.05, 0) is 86.5 Å². The van der Waals surface area contributed by atoms with E-state index in [1.54, 1.807) is 6.07 Å². The second-order valence-electron chi connectivity index (χ2n) is 11.6. The molecule has 2 amide bonds. The molecular formula is C34H37N5O4. The van der Waals surface area contributed by atoms with Crippen LogP contribution in [-0.2, 0) is 22.6 Å². The molecule has 9 heteroatoms. The molecule has 6 rings (SSSR count). The van der Waals surface area contributed by atoms with Crippen molar-refractivity contribution in [3.63, 3.8) is 0 Å². The molecule has 2 saturated heterocycles. The monoisotopic (exact) mass is 579 g/mol. The van der Waals surface area contributed by atoms with Crippen molar-refractivity contribution in [2.24, 2.45) is 0 Å². The fourth-order valence-corrected chi connectivity index (χ4v) is 6.24. The van der Waals surface area contributed by atoms with Crippen LogP contribution in [0.15, 0.2) is 66.7 Å². The van der Waals surface area contributed by atoms with Crippen molar-refractivity contribution in [1.82, 2.24) is 9.80 Å². The third-order valence-corrected chi connectivity index (χ3v) is 8.59. The number of carbonyl (C=O) groups is 2. The molecule has 222 valence electrons. The molecule has 0 atom stereocenters. The number of aryl methyl sites for hydroxylation is 1. The molecule has 0 aliphatic carbocycles. The Morgan fingerprint density at radius 1 is 0.884 bits per heavy atom. The summed E-state index contributed by atoms with van der Waals surface area (Å²) < 4.78 is 0. The quantitative estimate of drug-likeness (QED) is 0.172. The van der Waals surface area contributed by atoms with Gasteiger partial charge in [0.15, 0.2) is 0 Å². The van der Waals surface area contributed by atoms with E-state index >= 15 is 0 Å². The number of rotatable bonds is 10. The Bertz CT molecular complexity index is 1540. The van der Waals surface area contributed by atoms with Gasteiger partial charge in [-0.25, -0.2) is 0 Å². The first kappa shape index (κ1) is 28.6. The predicted octanol–water partition coefficient (Wildman–Crippen LogP) is 6.07. The highest BCUT2D eigenvalue weighted by Crippen LogP contribution is 2.39. The lowest BCUT2D eigenvalue weighted by Crippen LogP contribution is -2.36. The van der Waals surface area contributed by atoms with Gasteiger partial charge in [-0.2, -0.15) is 0 Å². The van der Waals surface area contributed by atoms with Crippen molar-refractivity contribution in [2.45, 2.75) is 51.5 Å². The molecule has 3 aromatic rings. The number of non-ortho nitro benzene ring substituents is 1. The minimum atomic E-state index is -0.445. The van der Waals surface area contributed by atoms with Gasteiger partial charge in [-0.15, -0.1) is 0 Å². The van der Waals surface area contributed by atoms with Gasteiger partial charge in [-0.1, -0.05) is 36.4 Å². The van der Waals surface area contributed by atoms with Gasteiger partial charge in [0, 0.05) is 55.1 Å². The number of nitrogens with zero attached hydrogens (tertiary/aromatic N) is 3. The summed E-state index contributed by atoms with van der Waals surface area (Å²) in [6.07, 6.45) is 6.94. The fraction of sp³-hybridized carbons (Fsp3) is 0.353. The lowest BCUT2D eigenvalue weighted by molar-refractivity contribution is -0.384. The standard InChI is InChI=1S/C34H37N5O4/c40-31-7-1-2-20-38(31)21-5-6-24-8-12-26(13-9-24)33(32-29-22-28(39(42)43)16-17-30(29)36-34(32)41)35-27-14-10-25(11-15-27)23-37-18-3-4-19-37/h8-17,22,35H,1-7,18-21,23H2,(H,36,41). The van der Waals surface area contributed by atoms with Crippen molar-refractivity contribution < 1.29 is 14.5 Å². The van der Waals surface area contributed by atoms with E-state index in [-0.39, 0.29) is 17.5 Å². The van der Waals surface area contributed by atoms with E-state index < -0.39 is 4.92 Å². The maximum Gasteiger partial charge on any atom is 0.270 e. The van der Waals surface area contributed by atoms with Crippen molar-refractivity contribution in [1.29, 1.82) is 0 Å². The largest absolute Gasteiger partial charge is 0.354 e. The van der Waals surface area contributed by atoms with Crippen LogP contribution in [0.3, 0.4) is 0 Å². The summed E-state index contributed by atoms with van der Waals surface area (Å²) >= 11 is 0. The Morgan fingerprint density at radius 2 is 1.60 bits per heavy atom. The molecule has 3 heterocycles. The normalized spacial score (nSPS) is 18.0. The molecule has 43 heavy (non-hydrogen) atoms. The average molecular weight is 580 g/mol. The molecular weight excluding hydrogens is 542 g/mol. The number of nitro benzene ring substituents is 1. The molecule has 3 aliphatic rings. The Balaban J connectivity index is 1.27. The van der Waals surface area contributed by atoms with Gasteiger partial charge in [-0.3, -0.25) is 24.6 Å². The van der Waals surface area contributed by atoms with E-state index in [4.69, 9.17) is 0 Å². The van der Waals surface area contributed by atoms with Crippen LogP contribution in [0.2, 0.25) is 0 Å². The van der Waals surface area contributed by atoms with Gasteiger partial charge in [0.1, 0.15) is 0 Å². The van der Waals surface area contributed by atoms with Crippen LogP contribution in [0, 0.1) is 10.1 Å². The van der Waals surface area contributed by atoms with Crippen molar-refractivity contribution in [2.75, 3.05) is 36.8 Å². The Labute approximate surface area is 251 Å². The van der Waals surface area contributed by atoms with Crippen LogP contribution in [0.25, 0.3) is 11.3 Å². The zero-order valence-electron chi connectivity index (χ0n) is 24.3. The summed E-state index contributed by atoms with van der Waals surface area (Å²) in [4.78, 5) is 41.0. The maximum atomic E-state index is 13.3. The fourth-order valence-electron chi connectivity index (χ4n) is 6.24. The first-order chi connectivity index (χ1) is 20.9. The molecule has 0 unspecified atom stereocenters. The number of hydrogen-bond donors (Lipinski definition) is 2. The van der Waals surface area contributed by atoms with E-state index in [9.17, 15) is 19.7 Å². The van der Waals surface area contributed by atoms with E-state index in [2.05, 4.69) is 39.8 Å². The highest BCUT2D eigenvalue weighted by molar-refractivity contribution is 6.37. The van der Waals surface area contributed by atoms with Crippen LogP contribution in [0.4, 0.5) is 17.1 Å². The zero-order chi connectivity index (χ0) is 29.8. The number of fused-ring (bicyclic) bond motifs is 1. The van der Waals surface area contributed by atoms with Crippen LogP contribution in [0.5, 0.6) is 0 Å². The Kier molecular flexibility index (Phi) is 8.51. The number of nitrogens with one attached hydrogen (secondary N) is 2. The first-order valence-electron chi connectivity index (χ1n) is 15.2. The summed E-state index contributed by atoms with van der Waals surface area (Å²) in [6.45, 7) is 4.79. The van der Waals surface area contributed by atoms with Crippen LogP contribution < -0.4 is 10.6 Å². The minimum Gasteiger partial charge on any atom is -0.354 e. The molecule has 0 radical (unpaired) electrons. The van der Waals surface area contributed by atoms with Gasteiger partial charge in [0.2, 0.25) is 5.91 Å². The van der Waals surface area contributed by atoms with Gasteiger partial charge in [0.25, 0.3) is 11.6 Å². The summed E-state index contributed by atoms with van der Waals surface area (Å²) in [7, 11) is 0. The molecule has 0 bridgehead atoms. The summed E-state index contributed by atoms with van der Waals surface area (Å²) in [5.74, 6) is -0.0534. The van der Waals surface area contributed by atoms with Gasteiger partial charge < -0.3 is 15.5 Å². The molecule has 0 saturated carbocycles. The van der Waals surface area contributed by atoms with Crippen LogP contribution >= 0.6 is 0 Å². The Hall–Kier alpha value is -4.50. The lowest BCUT2D eigenvalue weighted by Gasteiger charge is -2.26.